The fraction of sp³-hybridized carbons (Fsp3) is 0.100. The van der Waals surface area contributed by atoms with Gasteiger partial charge in [-0.1, -0.05) is 11.6 Å². The third-order valence-corrected chi connectivity index (χ3v) is 3.09. The van der Waals surface area contributed by atoms with E-state index in [9.17, 15) is 0 Å². The van der Waals surface area contributed by atoms with Gasteiger partial charge in [0.05, 0.1) is 5.69 Å². The third-order valence-electron chi connectivity index (χ3n) is 1.91. The van der Waals surface area contributed by atoms with E-state index in [2.05, 4.69) is 32.8 Å². The zero-order chi connectivity index (χ0) is 10.1. The van der Waals surface area contributed by atoms with Crippen molar-refractivity contribution in [3.63, 3.8) is 0 Å². The van der Waals surface area contributed by atoms with Crippen LogP contribution in [-0.4, -0.2) is 10.2 Å². The Morgan fingerprint density at radius 2 is 2.14 bits per heavy atom. The minimum atomic E-state index is 0.737. The smallest absolute Gasteiger partial charge is 0.0934 e. The molecule has 1 aromatic carbocycles. The van der Waals surface area contributed by atoms with Gasteiger partial charge in [-0.05, 0) is 53.8 Å². The monoisotopic (exact) mass is 318 g/mol. The maximum absolute atomic E-state index is 5.93. The molecule has 0 aliphatic heterocycles. The number of rotatable bonds is 1. The Kier molecular flexibility index (Phi) is 2.78. The van der Waals surface area contributed by atoms with Crippen molar-refractivity contribution in [3.05, 3.63) is 38.6 Å². The lowest BCUT2D eigenvalue weighted by Crippen LogP contribution is -1.82. The van der Waals surface area contributed by atoms with Crippen molar-refractivity contribution in [2.45, 2.75) is 6.92 Å². The summed E-state index contributed by atoms with van der Waals surface area (Å²) < 4.78 is 1.15. The molecule has 0 aliphatic rings. The summed E-state index contributed by atoms with van der Waals surface area (Å²) in [7, 11) is 0. The molecule has 0 atom stereocenters. The highest BCUT2D eigenvalue weighted by Crippen LogP contribution is 2.26. The zero-order valence-electron chi connectivity index (χ0n) is 7.51. The number of halogens is 2. The van der Waals surface area contributed by atoms with Crippen LogP contribution in [0.3, 0.4) is 0 Å². The van der Waals surface area contributed by atoms with E-state index in [1.165, 1.54) is 0 Å². The molecule has 0 fully saturated rings. The van der Waals surface area contributed by atoms with Crippen LogP contribution in [-0.2, 0) is 0 Å². The largest absolute Gasteiger partial charge is 0.282 e. The Hall–Kier alpha value is -0.550. The lowest BCUT2D eigenvalue weighted by Gasteiger charge is -2.00. The minimum Gasteiger partial charge on any atom is -0.282 e. The van der Waals surface area contributed by atoms with E-state index in [4.69, 9.17) is 11.6 Å². The first kappa shape index (κ1) is 9.98. The molecular formula is C10H8ClIN2. The number of H-pyrrole nitrogens is 1. The van der Waals surface area contributed by atoms with Crippen molar-refractivity contribution in [1.29, 1.82) is 0 Å². The lowest BCUT2D eigenvalue weighted by molar-refractivity contribution is 1.05. The molecule has 0 spiro atoms. The highest BCUT2D eigenvalue weighted by molar-refractivity contribution is 14.1. The number of aromatic nitrogens is 2. The first-order valence-electron chi connectivity index (χ1n) is 4.14. The average Bonchev–Trinajstić information content (AvgIpc) is 2.56. The summed E-state index contributed by atoms with van der Waals surface area (Å²) in [5.41, 5.74) is 3.06. The van der Waals surface area contributed by atoms with Crippen molar-refractivity contribution >= 4 is 34.2 Å². The fourth-order valence-electron chi connectivity index (χ4n) is 1.25. The average molecular weight is 319 g/mol. The zero-order valence-corrected chi connectivity index (χ0v) is 10.4. The van der Waals surface area contributed by atoms with E-state index in [1.54, 1.807) is 0 Å². The van der Waals surface area contributed by atoms with Crippen LogP contribution in [0.1, 0.15) is 5.69 Å². The minimum absolute atomic E-state index is 0.737. The number of aryl methyl sites for hydroxylation is 1. The summed E-state index contributed by atoms with van der Waals surface area (Å²) in [4.78, 5) is 0. The van der Waals surface area contributed by atoms with E-state index < -0.39 is 0 Å². The molecule has 0 amide bonds. The first-order valence-corrected chi connectivity index (χ1v) is 5.60. The van der Waals surface area contributed by atoms with Crippen LogP contribution in [0.15, 0.2) is 24.3 Å². The van der Waals surface area contributed by atoms with Crippen LogP contribution in [0.4, 0.5) is 0 Å². The Morgan fingerprint density at radius 3 is 2.79 bits per heavy atom. The number of hydrogen-bond donors (Lipinski definition) is 1. The molecule has 2 nitrogen and oxygen atoms in total. The Bertz CT molecular complexity index is 465. The number of nitrogens with zero attached hydrogens (tertiary/aromatic N) is 1. The van der Waals surface area contributed by atoms with Crippen molar-refractivity contribution in [1.82, 2.24) is 10.2 Å². The molecule has 0 bridgehead atoms. The highest BCUT2D eigenvalue weighted by atomic mass is 127. The van der Waals surface area contributed by atoms with E-state index in [0.29, 0.717) is 0 Å². The number of nitrogens with one attached hydrogen (secondary N) is 1. The molecule has 0 radical (unpaired) electrons. The lowest BCUT2D eigenvalue weighted by atomic mass is 10.1. The van der Waals surface area contributed by atoms with Gasteiger partial charge in [-0.15, -0.1) is 0 Å². The standard InChI is InChI=1S/C10H8ClIN2/c1-6-4-10(14-13-6)8-5-7(11)2-3-9(8)12/h2-5H,1H3,(H,13,14). The van der Waals surface area contributed by atoms with Crippen LogP contribution < -0.4 is 0 Å². The molecule has 0 unspecified atom stereocenters. The van der Waals surface area contributed by atoms with Crippen LogP contribution in [0, 0.1) is 10.5 Å². The number of hydrogen-bond acceptors (Lipinski definition) is 1. The van der Waals surface area contributed by atoms with Gasteiger partial charge in [0.15, 0.2) is 0 Å². The quantitative estimate of drug-likeness (QED) is 0.799. The molecule has 2 aromatic rings. The second kappa shape index (κ2) is 3.90. The van der Waals surface area contributed by atoms with Gasteiger partial charge in [0.25, 0.3) is 0 Å². The van der Waals surface area contributed by atoms with Gasteiger partial charge in [0.2, 0.25) is 0 Å². The first-order chi connectivity index (χ1) is 6.66. The Labute approximate surface area is 101 Å². The van der Waals surface area contributed by atoms with Gasteiger partial charge in [-0.3, -0.25) is 5.10 Å². The maximum Gasteiger partial charge on any atom is 0.0934 e. The second-order valence-corrected chi connectivity index (χ2v) is 4.66. The third kappa shape index (κ3) is 1.93. The summed E-state index contributed by atoms with van der Waals surface area (Å²) in [6, 6.07) is 7.81. The van der Waals surface area contributed by atoms with Crippen LogP contribution >= 0.6 is 34.2 Å². The normalized spacial score (nSPS) is 10.5. The molecular weight excluding hydrogens is 310 g/mol. The van der Waals surface area contributed by atoms with Gasteiger partial charge in [0.1, 0.15) is 0 Å². The maximum atomic E-state index is 5.93. The van der Waals surface area contributed by atoms with Gasteiger partial charge >= 0.3 is 0 Å². The highest BCUT2D eigenvalue weighted by Gasteiger charge is 2.06. The molecule has 1 aromatic heterocycles. The Balaban J connectivity index is 2.55. The van der Waals surface area contributed by atoms with Gasteiger partial charge in [0, 0.05) is 19.9 Å². The predicted molar refractivity (Wildman–Crippen MR) is 66.5 cm³/mol. The van der Waals surface area contributed by atoms with Gasteiger partial charge in [-0.25, -0.2) is 0 Å². The predicted octanol–water partition coefficient (Wildman–Crippen LogP) is 3.64. The molecule has 0 saturated heterocycles. The van der Waals surface area contributed by atoms with Gasteiger partial charge < -0.3 is 0 Å². The van der Waals surface area contributed by atoms with Crippen molar-refractivity contribution in [3.8, 4) is 11.3 Å². The molecule has 4 heteroatoms. The molecule has 2 rings (SSSR count). The van der Waals surface area contributed by atoms with Crippen molar-refractivity contribution in [2.24, 2.45) is 0 Å². The fourth-order valence-corrected chi connectivity index (χ4v) is 2.03. The summed E-state index contributed by atoms with van der Waals surface area (Å²) in [5.74, 6) is 0. The summed E-state index contributed by atoms with van der Waals surface area (Å²) in [5, 5.41) is 7.85. The van der Waals surface area contributed by atoms with Gasteiger partial charge in [-0.2, -0.15) is 5.10 Å². The molecule has 72 valence electrons. The van der Waals surface area contributed by atoms with Crippen LogP contribution in [0.2, 0.25) is 5.02 Å². The van der Waals surface area contributed by atoms with E-state index >= 15 is 0 Å². The van der Waals surface area contributed by atoms with E-state index in [-0.39, 0.29) is 0 Å². The Morgan fingerprint density at radius 1 is 1.36 bits per heavy atom. The molecule has 0 aliphatic carbocycles. The van der Waals surface area contributed by atoms with E-state index in [0.717, 1.165) is 25.5 Å². The van der Waals surface area contributed by atoms with Crippen molar-refractivity contribution in [2.75, 3.05) is 0 Å². The summed E-state index contributed by atoms with van der Waals surface area (Å²) >= 11 is 8.21. The summed E-state index contributed by atoms with van der Waals surface area (Å²) in [6.07, 6.45) is 0. The van der Waals surface area contributed by atoms with Crippen molar-refractivity contribution < 1.29 is 0 Å². The van der Waals surface area contributed by atoms with E-state index in [1.807, 2.05) is 31.2 Å². The number of benzene rings is 1. The van der Waals surface area contributed by atoms with Crippen LogP contribution in [0.5, 0.6) is 0 Å². The van der Waals surface area contributed by atoms with Crippen LogP contribution in [0.25, 0.3) is 11.3 Å². The molecule has 0 saturated carbocycles. The summed E-state index contributed by atoms with van der Waals surface area (Å²) in [6.45, 7) is 1.98. The number of aromatic amines is 1. The molecule has 14 heavy (non-hydrogen) atoms. The molecule has 1 N–H and O–H groups in total. The second-order valence-electron chi connectivity index (χ2n) is 3.06. The topological polar surface area (TPSA) is 28.7 Å². The molecule has 1 heterocycles. The SMILES string of the molecule is Cc1cc(-c2cc(Cl)ccc2I)n[nH]1.